The Labute approximate surface area is 171 Å². The lowest BCUT2D eigenvalue weighted by molar-refractivity contribution is -0.123. The zero-order valence-corrected chi connectivity index (χ0v) is 16.6. The van der Waals surface area contributed by atoms with Gasteiger partial charge in [-0.3, -0.25) is 14.5 Å². The molecule has 2 heterocycles. The summed E-state index contributed by atoms with van der Waals surface area (Å²) in [6, 6.07) is 18.6. The molecule has 3 aromatic rings. The maximum atomic E-state index is 12.7. The number of hydrogen-bond donors (Lipinski definition) is 0. The maximum absolute atomic E-state index is 12.7. The molecule has 4 nitrogen and oxygen atoms in total. The second kappa shape index (κ2) is 7.70. The van der Waals surface area contributed by atoms with Crippen molar-refractivity contribution < 1.29 is 14.0 Å². The third-order valence-electron chi connectivity index (χ3n) is 4.47. The van der Waals surface area contributed by atoms with Crippen molar-refractivity contribution in [1.82, 2.24) is 4.90 Å². The van der Waals surface area contributed by atoms with Crippen molar-refractivity contribution in [2.24, 2.45) is 0 Å². The number of amides is 2. The SMILES string of the molecule is Cc1ccccc1CN1C(=O)S/C(=C\c2ccc(-c3cccc(Cl)c3)o2)C1=O. The summed E-state index contributed by atoms with van der Waals surface area (Å²) in [7, 11) is 0. The highest BCUT2D eigenvalue weighted by Gasteiger charge is 2.35. The van der Waals surface area contributed by atoms with Crippen LogP contribution in [0.1, 0.15) is 16.9 Å². The second-order valence-electron chi connectivity index (χ2n) is 6.41. The molecule has 0 unspecified atom stereocenters. The number of furan rings is 1. The summed E-state index contributed by atoms with van der Waals surface area (Å²) in [6.07, 6.45) is 1.61. The first-order valence-corrected chi connectivity index (χ1v) is 9.86. The molecule has 0 atom stereocenters. The Morgan fingerprint density at radius 1 is 1.07 bits per heavy atom. The van der Waals surface area contributed by atoms with Gasteiger partial charge >= 0.3 is 0 Å². The number of carbonyl (C=O) groups is 2. The van der Waals surface area contributed by atoms with Crippen LogP contribution in [0, 0.1) is 6.92 Å². The van der Waals surface area contributed by atoms with E-state index < -0.39 is 0 Å². The molecule has 4 rings (SSSR count). The van der Waals surface area contributed by atoms with Gasteiger partial charge in [-0.1, -0.05) is 48.0 Å². The lowest BCUT2D eigenvalue weighted by atomic mass is 10.1. The number of hydrogen-bond acceptors (Lipinski definition) is 4. The van der Waals surface area contributed by atoms with E-state index >= 15 is 0 Å². The number of rotatable bonds is 4. The van der Waals surface area contributed by atoms with Crippen molar-refractivity contribution >= 4 is 40.6 Å². The molecule has 1 fully saturated rings. The number of aryl methyl sites for hydroxylation is 1. The van der Waals surface area contributed by atoms with E-state index in [0.29, 0.717) is 21.4 Å². The number of thioether (sulfide) groups is 1. The lowest BCUT2D eigenvalue weighted by Gasteiger charge is -2.14. The molecule has 28 heavy (non-hydrogen) atoms. The van der Waals surface area contributed by atoms with E-state index in [0.717, 1.165) is 28.5 Å². The highest BCUT2D eigenvalue weighted by Crippen LogP contribution is 2.34. The molecule has 6 heteroatoms. The van der Waals surface area contributed by atoms with Gasteiger partial charge in [0.25, 0.3) is 11.1 Å². The Bertz CT molecular complexity index is 1100. The highest BCUT2D eigenvalue weighted by molar-refractivity contribution is 8.18. The Kier molecular flexibility index (Phi) is 5.11. The molecule has 1 aliphatic heterocycles. The Morgan fingerprint density at radius 3 is 2.68 bits per heavy atom. The van der Waals surface area contributed by atoms with Crippen molar-refractivity contribution in [2.45, 2.75) is 13.5 Å². The minimum absolute atomic E-state index is 0.264. The van der Waals surface area contributed by atoms with Gasteiger partial charge in [0.2, 0.25) is 0 Å². The van der Waals surface area contributed by atoms with Gasteiger partial charge in [0, 0.05) is 16.7 Å². The van der Waals surface area contributed by atoms with Crippen LogP contribution in [-0.4, -0.2) is 16.0 Å². The lowest BCUT2D eigenvalue weighted by Crippen LogP contribution is -2.27. The fourth-order valence-corrected chi connectivity index (χ4v) is 3.96. The molecule has 2 amide bonds. The molecular weight excluding hydrogens is 394 g/mol. The van der Waals surface area contributed by atoms with Crippen LogP contribution in [0.3, 0.4) is 0 Å². The quantitative estimate of drug-likeness (QED) is 0.485. The average Bonchev–Trinajstić information content (AvgIpc) is 3.24. The normalized spacial score (nSPS) is 15.6. The topological polar surface area (TPSA) is 50.5 Å². The van der Waals surface area contributed by atoms with E-state index in [9.17, 15) is 9.59 Å². The third kappa shape index (κ3) is 3.77. The predicted molar refractivity (Wildman–Crippen MR) is 112 cm³/mol. The van der Waals surface area contributed by atoms with E-state index in [1.165, 1.54) is 4.90 Å². The summed E-state index contributed by atoms with van der Waals surface area (Å²) in [5.41, 5.74) is 2.84. The van der Waals surface area contributed by atoms with Gasteiger partial charge < -0.3 is 4.42 Å². The molecule has 0 radical (unpaired) electrons. The first-order valence-electron chi connectivity index (χ1n) is 8.67. The standard InChI is InChI=1S/C22H16ClNO3S/c1-14-5-2-3-6-16(14)13-24-21(25)20(28-22(24)26)12-18-9-10-19(27-18)15-7-4-8-17(23)11-15/h2-12H,13H2,1H3/b20-12-. The predicted octanol–water partition coefficient (Wildman–Crippen LogP) is 6.14. The summed E-state index contributed by atoms with van der Waals surface area (Å²) in [4.78, 5) is 26.7. The van der Waals surface area contributed by atoms with Gasteiger partial charge in [-0.15, -0.1) is 0 Å². The number of imide groups is 1. The van der Waals surface area contributed by atoms with Crippen molar-refractivity contribution in [3.8, 4) is 11.3 Å². The first-order chi connectivity index (χ1) is 13.5. The fraction of sp³-hybridized carbons (Fsp3) is 0.0909. The van der Waals surface area contributed by atoms with E-state index in [1.807, 2.05) is 49.4 Å². The summed E-state index contributed by atoms with van der Waals surface area (Å²) < 4.78 is 5.81. The van der Waals surface area contributed by atoms with Gasteiger partial charge in [0.1, 0.15) is 11.5 Å². The van der Waals surface area contributed by atoms with Crippen molar-refractivity contribution in [1.29, 1.82) is 0 Å². The van der Waals surface area contributed by atoms with Gasteiger partial charge in [-0.05, 0) is 54.1 Å². The van der Waals surface area contributed by atoms with Crippen LogP contribution in [-0.2, 0) is 11.3 Å². The van der Waals surface area contributed by atoms with Gasteiger partial charge in [-0.2, -0.15) is 0 Å². The van der Waals surface area contributed by atoms with Crippen molar-refractivity contribution in [3.05, 3.63) is 87.5 Å². The van der Waals surface area contributed by atoms with Crippen LogP contribution >= 0.6 is 23.4 Å². The minimum atomic E-state index is -0.307. The van der Waals surface area contributed by atoms with Crippen LogP contribution in [0.15, 0.2) is 70.0 Å². The van der Waals surface area contributed by atoms with E-state index in [-0.39, 0.29) is 17.7 Å². The van der Waals surface area contributed by atoms with Crippen LogP contribution in [0.25, 0.3) is 17.4 Å². The molecule has 0 spiro atoms. The fourth-order valence-electron chi connectivity index (χ4n) is 2.95. The molecule has 0 N–H and O–H groups in total. The molecule has 1 saturated heterocycles. The number of benzene rings is 2. The summed E-state index contributed by atoms with van der Waals surface area (Å²) in [5, 5.41) is 0.342. The molecule has 1 aliphatic rings. The molecule has 1 aromatic heterocycles. The average molecular weight is 410 g/mol. The third-order valence-corrected chi connectivity index (χ3v) is 5.62. The molecular formula is C22H16ClNO3S. The number of nitrogens with zero attached hydrogens (tertiary/aromatic N) is 1. The smallest absolute Gasteiger partial charge is 0.293 e. The largest absolute Gasteiger partial charge is 0.457 e. The molecule has 2 aromatic carbocycles. The van der Waals surface area contributed by atoms with Crippen LogP contribution < -0.4 is 0 Å². The molecule has 0 aliphatic carbocycles. The van der Waals surface area contributed by atoms with Crippen LogP contribution in [0.4, 0.5) is 4.79 Å². The van der Waals surface area contributed by atoms with Crippen molar-refractivity contribution in [3.63, 3.8) is 0 Å². The van der Waals surface area contributed by atoms with Gasteiger partial charge in [0.05, 0.1) is 11.4 Å². The Balaban J connectivity index is 1.55. The van der Waals surface area contributed by atoms with Crippen LogP contribution in [0.5, 0.6) is 0 Å². The minimum Gasteiger partial charge on any atom is -0.457 e. The first kappa shape index (κ1) is 18.6. The van der Waals surface area contributed by atoms with Crippen LogP contribution in [0.2, 0.25) is 5.02 Å². The monoisotopic (exact) mass is 409 g/mol. The highest BCUT2D eigenvalue weighted by atomic mass is 35.5. The molecule has 0 saturated carbocycles. The van der Waals surface area contributed by atoms with E-state index in [2.05, 4.69) is 0 Å². The maximum Gasteiger partial charge on any atom is 0.293 e. The second-order valence-corrected chi connectivity index (χ2v) is 7.84. The number of halogens is 1. The zero-order valence-electron chi connectivity index (χ0n) is 15.0. The Hall–Kier alpha value is -2.76. The summed E-state index contributed by atoms with van der Waals surface area (Å²) in [6.45, 7) is 2.23. The van der Waals surface area contributed by atoms with Crippen molar-refractivity contribution in [2.75, 3.05) is 0 Å². The Morgan fingerprint density at radius 2 is 1.89 bits per heavy atom. The summed E-state index contributed by atoms with van der Waals surface area (Å²) in [5.74, 6) is 0.850. The van der Waals surface area contributed by atoms with E-state index in [1.54, 1.807) is 24.3 Å². The molecule has 140 valence electrons. The summed E-state index contributed by atoms with van der Waals surface area (Å²) >= 11 is 6.95. The molecule has 0 bridgehead atoms. The van der Waals surface area contributed by atoms with Gasteiger partial charge in [0.15, 0.2) is 0 Å². The zero-order chi connectivity index (χ0) is 19.7. The van der Waals surface area contributed by atoms with E-state index in [4.69, 9.17) is 16.0 Å². The number of carbonyl (C=O) groups excluding carboxylic acids is 2. The van der Waals surface area contributed by atoms with Gasteiger partial charge in [-0.25, -0.2) is 0 Å².